The van der Waals surface area contributed by atoms with Crippen LogP contribution in [0, 0.1) is 23.2 Å². The summed E-state index contributed by atoms with van der Waals surface area (Å²) in [5.74, 6) is 1.23. The van der Waals surface area contributed by atoms with Crippen LogP contribution in [0.15, 0.2) is 55.0 Å². The zero-order valence-corrected chi connectivity index (χ0v) is 28.6. The number of fused-ring (bicyclic) bond motifs is 3. The molecule has 3 saturated carbocycles. The van der Waals surface area contributed by atoms with Gasteiger partial charge in [0.2, 0.25) is 5.91 Å². The Kier molecular flexibility index (Phi) is 7.78. The van der Waals surface area contributed by atoms with Crippen LogP contribution >= 0.6 is 0 Å². The molecule has 0 bridgehead atoms. The molecule has 3 N–H and O–H groups in total. The normalized spacial score (nSPS) is 18.4. The van der Waals surface area contributed by atoms with Gasteiger partial charge in [-0.05, 0) is 92.4 Å². The summed E-state index contributed by atoms with van der Waals surface area (Å²) in [7, 11) is 1.93. The van der Waals surface area contributed by atoms with E-state index in [9.17, 15) is 14.9 Å². The number of rotatable bonds is 7. The number of hydrogen-bond acceptors (Lipinski definition) is 7. The molecule has 4 fully saturated rings. The summed E-state index contributed by atoms with van der Waals surface area (Å²) in [5, 5.41) is 26.1. The summed E-state index contributed by atoms with van der Waals surface area (Å²) >= 11 is 0. The predicted octanol–water partition coefficient (Wildman–Crippen LogP) is 6.10. The Balaban J connectivity index is 0.000000242. The minimum Gasteiger partial charge on any atom is -0.344 e. The summed E-state index contributed by atoms with van der Waals surface area (Å²) in [6, 6.07) is 14.8. The largest absolute Gasteiger partial charge is 0.344 e. The van der Waals surface area contributed by atoms with Crippen LogP contribution in [0.1, 0.15) is 84.7 Å². The van der Waals surface area contributed by atoms with Crippen LogP contribution in [0.5, 0.6) is 0 Å². The zero-order chi connectivity index (χ0) is 34.6. The van der Waals surface area contributed by atoms with E-state index in [1.54, 1.807) is 17.3 Å². The molecule has 258 valence electrons. The Bertz CT molecular complexity index is 2330. The molecule has 4 aliphatic rings. The number of likely N-dealkylation sites (tertiary alicyclic amines) is 1. The van der Waals surface area contributed by atoms with Crippen molar-refractivity contribution in [1.29, 1.82) is 5.26 Å². The number of aromatic nitrogens is 7. The lowest BCUT2D eigenvalue weighted by molar-refractivity contribution is -0.135. The van der Waals surface area contributed by atoms with E-state index in [0.29, 0.717) is 54.3 Å². The lowest BCUT2D eigenvalue weighted by atomic mass is 9.97. The van der Waals surface area contributed by atoms with Gasteiger partial charge in [0.25, 0.3) is 5.91 Å². The Morgan fingerprint density at radius 1 is 0.961 bits per heavy atom. The average molecular weight is 681 g/mol. The van der Waals surface area contributed by atoms with E-state index in [0.717, 1.165) is 35.4 Å². The van der Waals surface area contributed by atoms with Gasteiger partial charge in [0.05, 0.1) is 35.1 Å². The highest BCUT2D eigenvalue weighted by Gasteiger charge is 2.40. The molecule has 6 aromatic rings. The van der Waals surface area contributed by atoms with Crippen molar-refractivity contribution in [2.24, 2.45) is 18.9 Å². The van der Waals surface area contributed by atoms with E-state index in [4.69, 9.17) is 10.1 Å². The molecule has 0 spiro atoms. The van der Waals surface area contributed by atoms with Gasteiger partial charge in [-0.25, -0.2) is 9.97 Å². The second-order valence-electron chi connectivity index (χ2n) is 14.7. The predicted molar refractivity (Wildman–Crippen MR) is 193 cm³/mol. The Labute approximate surface area is 294 Å². The molecule has 3 aliphatic carbocycles. The minimum atomic E-state index is -0.572. The van der Waals surface area contributed by atoms with Crippen LogP contribution in [0.3, 0.4) is 0 Å². The van der Waals surface area contributed by atoms with E-state index in [-0.39, 0.29) is 23.7 Å². The van der Waals surface area contributed by atoms with Gasteiger partial charge in [-0.2, -0.15) is 15.5 Å². The molecule has 4 aromatic heterocycles. The molecule has 2 aromatic carbocycles. The van der Waals surface area contributed by atoms with E-state index in [1.165, 1.54) is 47.7 Å². The van der Waals surface area contributed by atoms with E-state index < -0.39 is 6.04 Å². The number of hydrogen-bond donors (Lipinski definition) is 3. The second kappa shape index (κ2) is 12.6. The van der Waals surface area contributed by atoms with Gasteiger partial charge in [-0.15, -0.1) is 0 Å². The first-order chi connectivity index (χ1) is 24.9. The molecule has 2 amide bonds. The Morgan fingerprint density at radius 2 is 1.71 bits per heavy atom. The number of carbonyl (C=O) groups excluding carboxylic acids is 2. The van der Waals surface area contributed by atoms with Gasteiger partial charge in [-0.3, -0.25) is 19.4 Å². The van der Waals surface area contributed by atoms with E-state index in [2.05, 4.69) is 67.9 Å². The highest BCUT2D eigenvalue weighted by molar-refractivity contribution is 6.06. The molecule has 0 radical (unpaired) electrons. The van der Waals surface area contributed by atoms with Crippen LogP contribution in [0.2, 0.25) is 0 Å². The zero-order valence-electron chi connectivity index (χ0n) is 28.6. The summed E-state index contributed by atoms with van der Waals surface area (Å²) in [4.78, 5) is 41.1. The number of aromatic amines is 2. The number of H-pyrrole nitrogens is 2. The van der Waals surface area contributed by atoms with Crippen LogP contribution in [0.4, 0.5) is 0 Å². The number of carbonyl (C=O) groups is 2. The van der Waals surface area contributed by atoms with Crippen molar-refractivity contribution in [1.82, 2.24) is 45.1 Å². The van der Waals surface area contributed by atoms with Crippen molar-refractivity contribution < 1.29 is 9.59 Å². The molecule has 51 heavy (non-hydrogen) atoms. The molecule has 5 heterocycles. The van der Waals surface area contributed by atoms with Crippen LogP contribution < -0.4 is 5.32 Å². The Hall–Kier alpha value is -5.57. The standard InChI is InChI=1S/C29H30N8O2.C10H10N2/c1-36-23-12-19(17-2-3-17)6-7-20(23)25(35-36)22-15-32-27-26(33-22)21(14-31-27)28(38)34-24(18-4-5-18)29(39)37-10-8-16(13-30)9-11-37;1-2-7(1)8-3-4-9-6-11-12-10(9)5-8/h6-7,12,14-18,24H,2-5,8-11H2,1H3,(H,31,32)(H,34,38);3-7H,1-2H2,(H,11,12)/t24-;/m1./s1. The number of nitrogens with one attached hydrogen (secondary N) is 3. The first-order valence-electron chi connectivity index (χ1n) is 18.2. The number of nitriles is 1. The summed E-state index contributed by atoms with van der Waals surface area (Å²) in [6.07, 6.45) is 13.5. The lowest BCUT2D eigenvalue weighted by Crippen LogP contribution is -2.51. The Morgan fingerprint density at radius 3 is 2.43 bits per heavy atom. The van der Waals surface area contributed by atoms with Gasteiger partial charge < -0.3 is 15.2 Å². The number of piperidine rings is 1. The monoisotopic (exact) mass is 680 g/mol. The first kappa shape index (κ1) is 31.4. The summed E-state index contributed by atoms with van der Waals surface area (Å²) < 4.78 is 1.87. The van der Waals surface area contributed by atoms with Crippen LogP contribution in [-0.4, -0.2) is 70.8 Å². The van der Waals surface area contributed by atoms with Gasteiger partial charge >= 0.3 is 0 Å². The van der Waals surface area contributed by atoms with Crippen molar-refractivity contribution in [2.75, 3.05) is 13.1 Å². The fourth-order valence-electron chi connectivity index (χ4n) is 7.39. The maximum Gasteiger partial charge on any atom is 0.255 e. The van der Waals surface area contributed by atoms with Gasteiger partial charge in [-0.1, -0.05) is 24.3 Å². The molecule has 1 aliphatic heterocycles. The van der Waals surface area contributed by atoms with Crippen molar-refractivity contribution in [3.63, 3.8) is 0 Å². The second-order valence-corrected chi connectivity index (χ2v) is 14.7. The minimum absolute atomic E-state index is 0.00141. The van der Waals surface area contributed by atoms with Crippen LogP contribution in [0.25, 0.3) is 44.4 Å². The maximum absolute atomic E-state index is 13.5. The highest BCUT2D eigenvalue weighted by Crippen LogP contribution is 2.42. The fraction of sp³-hybridized carbons (Fsp3) is 0.410. The number of benzene rings is 2. The molecule has 0 unspecified atom stereocenters. The van der Waals surface area contributed by atoms with Crippen molar-refractivity contribution in [3.05, 3.63) is 71.7 Å². The topological polar surface area (TPSA) is 161 Å². The average Bonchev–Trinajstić information content (AvgIpc) is 4.10. The number of amides is 2. The molecular formula is C39H40N10O2. The van der Waals surface area contributed by atoms with Crippen molar-refractivity contribution >= 4 is 44.8 Å². The molecule has 10 rings (SSSR count). The third-order valence-corrected chi connectivity index (χ3v) is 10.9. The summed E-state index contributed by atoms with van der Waals surface area (Å²) in [6.45, 7) is 1.11. The molecule has 12 nitrogen and oxygen atoms in total. The highest BCUT2D eigenvalue weighted by atomic mass is 16.2. The number of aryl methyl sites for hydroxylation is 1. The van der Waals surface area contributed by atoms with E-state index >= 15 is 0 Å². The summed E-state index contributed by atoms with van der Waals surface area (Å²) in [5.41, 5.74) is 7.66. The van der Waals surface area contributed by atoms with Crippen molar-refractivity contribution in [2.45, 2.75) is 69.2 Å². The van der Waals surface area contributed by atoms with Gasteiger partial charge in [0.1, 0.15) is 22.9 Å². The SMILES string of the molecule is Cn1nc(-c2cnc3[nH]cc(C(=O)N[C@@H](C(=O)N4CCC(C#N)CC4)C4CC4)c3n2)c2ccc(C3CC3)cc21.c1cc2cn[nH]c2cc1C1CC1. The lowest BCUT2D eigenvalue weighted by Gasteiger charge is -2.32. The smallest absolute Gasteiger partial charge is 0.255 e. The third-order valence-electron chi connectivity index (χ3n) is 10.9. The van der Waals surface area contributed by atoms with Crippen LogP contribution in [-0.2, 0) is 11.8 Å². The van der Waals surface area contributed by atoms with E-state index in [1.807, 2.05) is 17.9 Å². The quantitative estimate of drug-likeness (QED) is 0.184. The van der Waals surface area contributed by atoms with Crippen molar-refractivity contribution in [3.8, 4) is 17.5 Å². The molecular weight excluding hydrogens is 640 g/mol. The molecule has 1 atom stereocenters. The fourth-order valence-corrected chi connectivity index (χ4v) is 7.39. The first-order valence-corrected chi connectivity index (χ1v) is 18.2. The van der Waals surface area contributed by atoms with Gasteiger partial charge in [0.15, 0.2) is 5.65 Å². The van der Waals surface area contributed by atoms with Gasteiger partial charge in [0, 0.05) is 43.0 Å². The third kappa shape index (κ3) is 6.22. The molecule has 12 heteroatoms. The molecule has 1 saturated heterocycles. The number of nitrogens with zero attached hydrogens (tertiary/aromatic N) is 7. The maximum atomic E-state index is 13.5.